The number of aromatic nitrogens is 1. The Morgan fingerprint density at radius 1 is 1.14 bits per heavy atom. The summed E-state index contributed by atoms with van der Waals surface area (Å²) in [6.45, 7) is 1.62. The van der Waals surface area contributed by atoms with Gasteiger partial charge in [-0.2, -0.15) is 4.99 Å². The molecule has 146 valence electrons. The molecule has 0 aliphatic rings. The lowest BCUT2D eigenvalue weighted by atomic mass is 10.2. The molecule has 3 rings (SSSR count). The molecule has 5 nitrogen and oxygen atoms in total. The molecule has 1 N–H and O–H groups in total. The highest BCUT2D eigenvalue weighted by molar-refractivity contribution is 7.16. The lowest BCUT2D eigenvalue weighted by Crippen LogP contribution is -2.27. The fourth-order valence-corrected chi connectivity index (χ4v) is 4.31. The van der Waals surface area contributed by atoms with Gasteiger partial charge < -0.3 is 9.67 Å². The Labute approximate surface area is 171 Å². The van der Waals surface area contributed by atoms with Crippen molar-refractivity contribution in [1.29, 1.82) is 0 Å². The normalized spacial score (nSPS) is 13.1. The van der Waals surface area contributed by atoms with Crippen LogP contribution in [0.4, 0.5) is 8.78 Å². The van der Waals surface area contributed by atoms with Crippen LogP contribution in [-0.4, -0.2) is 21.6 Å². The molecule has 10 heteroatoms. The minimum atomic E-state index is -1.19. The Morgan fingerprint density at radius 2 is 1.75 bits per heavy atom. The predicted octanol–water partition coefficient (Wildman–Crippen LogP) is 5.06. The van der Waals surface area contributed by atoms with Crippen molar-refractivity contribution < 1.29 is 23.5 Å². The van der Waals surface area contributed by atoms with Crippen LogP contribution in [0, 0.1) is 11.6 Å². The average Bonchev–Trinajstić information content (AvgIpc) is 2.92. The molecule has 0 aliphatic carbocycles. The van der Waals surface area contributed by atoms with Crippen LogP contribution in [0.15, 0.2) is 35.3 Å². The first kappa shape index (κ1) is 20.4. The number of amides is 1. The Balaban J connectivity index is 2.28. The first-order valence-corrected chi connectivity index (χ1v) is 9.56. The molecular weight excluding hydrogens is 433 g/mol. The van der Waals surface area contributed by atoms with Gasteiger partial charge in [0.1, 0.15) is 6.04 Å². The van der Waals surface area contributed by atoms with E-state index in [-0.39, 0.29) is 37.0 Å². The molecule has 0 saturated carbocycles. The monoisotopic (exact) mass is 444 g/mol. The smallest absolute Gasteiger partial charge is 0.326 e. The minimum Gasteiger partial charge on any atom is -0.480 e. The molecule has 3 aromatic rings. The molecule has 0 fully saturated rings. The van der Waals surface area contributed by atoms with E-state index in [1.54, 1.807) is 6.92 Å². The summed E-state index contributed by atoms with van der Waals surface area (Å²) in [4.78, 5) is 28.2. The van der Waals surface area contributed by atoms with Crippen molar-refractivity contribution in [1.82, 2.24) is 4.57 Å². The van der Waals surface area contributed by atoms with Crippen LogP contribution in [-0.2, 0) is 4.79 Å². The fraction of sp³-hybridized carbons (Fsp3) is 0.167. The molecule has 0 saturated heterocycles. The molecule has 1 heterocycles. The SMILES string of the molecule is CCC(C(=O)O)n1/c(=N/C(=O)c2cc(Cl)cc(Cl)c2)sc2cc(F)c(F)cc21. The number of halogens is 4. The Hall–Kier alpha value is -2.29. The highest BCUT2D eigenvalue weighted by Gasteiger charge is 2.23. The van der Waals surface area contributed by atoms with Gasteiger partial charge in [-0.3, -0.25) is 4.79 Å². The lowest BCUT2D eigenvalue weighted by Gasteiger charge is -2.13. The van der Waals surface area contributed by atoms with E-state index in [0.717, 1.165) is 23.5 Å². The summed E-state index contributed by atoms with van der Waals surface area (Å²) in [6, 6.07) is 4.90. The van der Waals surface area contributed by atoms with E-state index in [9.17, 15) is 23.5 Å². The zero-order valence-corrected chi connectivity index (χ0v) is 16.6. The third-order valence-corrected chi connectivity index (χ3v) is 5.41. The number of fused-ring (bicyclic) bond motifs is 1. The summed E-state index contributed by atoms with van der Waals surface area (Å²) in [5, 5.41) is 10.00. The Kier molecular flexibility index (Phi) is 5.83. The fourth-order valence-electron chi connectivity index (χ4n) is 2.71. The van der Waals surface area contributed by atoms with Gasteiger partial charge in [0.15, 0.2) is 16.4 Å². The summed E-state index contributed by atoms with van der Waals surface area (Å²) in [5.74, 6) is -4.11. The summed E-state index contributed by atoms with van der Waals surface area (Å²) < 4.78 is 28.9. The number of hydrogen-bond donors (Lipinski definition) is 1. The minimum absolute atomic E-state index is 0.00431. The highest BCUT2D eigenvalue weighted by Crippen LogP contribution is 2.26. The van der Waals surface area contributed by atoms with Gasteiger partial charge in [-0.15, -0.1) is 0 Å². The summed E-state index contributed by atoms with van der Waals surface area (Å²) in [5.41, 5.74) is 0.232. The summed E-state index contributed by atoms with van der Waals surface area (Å²) >= 11 is 12.7. The van der Waals surface area contributed by atoms with Gasteiger partial charge in [0, 0.05) is 21.7 Å². The van der Waals surface area contributed by atoms with Gasteiger partial charge in [0.25, 0.3) is 5.91 Å². The Bertz CT molecular complexity index is 1150. The number of carboxylic acid groups (broad SMARTS) is 1. The number of hydrogen-bond acceptors (Lipinski definition) is 3. The number of thiazole rings is 1. The van der Waals surface area contributed by atoms with Crippen molar-refractivity contribution in [2.24, 2.45) is 4.99 Å². The van der Waals surface area contributed by atoms with E-state index < -0.39 is 29.6 Å². The van der Waals surface area contributed by atoms with Crippen molar-refractivity contribution in [3.8, 4) is 0 Å². The number of carboxylic acids is 1. The first-order chi connectivity index (χ1) is 13.2. The number of carbonyl (C=O) groups is 2. The van der Waals surface area contributed by atoms with Gasteiger partial charge in [0.2, 0.25) is 0 Å². The van der Waals surface area contributed by atoms with E-state index in [2.05, 4.69) is 4.99 Å². The maximum Gasteiger partial charge on any atom is 0.326 e. The van der Waals surface area contributed by atoms with Gasteiger partial charge in [-0.1, -0.05) is 41.5 Å². The molecule has 28 heavy (non-hydrogen) atoms. The van der Waals surface area contributed by atoms with E-state index in [4.69, 9.17) is 23.2 Å². The predicted molar refractivity (Wildman–Crippen MR) is 103 cm³/mol. The number of nitrogens with zero attached hydrogens (tertiary/aromatic N) is 2. The zero-order valence-electron chi connectivity index (χ0n) is 14.2. The molecular formula is C18H12Cl2F2N2O3S. The molecule has 1 unspecified atom stereocenters. The average molecular weight is 445 g/mol. The highest BCUT2D eigenvalue weighted by atomic mass is 35.5. The molecule has 2 aromatic carbocycles. The molecule has 0 radical (unpaired) electrons. The second-order valence-corrected chi connectivity index (χ2v) is 7.71. The molecule has 0 aliphatic heterocycles. The van der Waals surface area contributed by atoms with Gasteiger partial charge in [-0.25, -0.2) is 13.6 Å². The topological polar surface area (TPSA) is 71.7 Å². The Morgan fingerprint density at radius 3 is 2.32 bits per heavy atom. The van der Waals surface area contributed by atoms with Crippen LogP contribution in [0.5, 0.6) is 0 Å². The van der Waals surface area contributed by atoms with E-state index in [1.807, 2.05) is 0 Å². The van der Waals surface area contributed by atoms with Crippen LogP contribution in [0.3, 0.4) is 0 Å². The second-order valence-electron chi connectivity index (χ2n) is 5.83. The summed E-state index contributed by atoms with van der Waals surface area (Å²) in [6.07, 6.45) is 0.143. The quantitative estimate of drug-likeness (QED) is 0.610. The maximum absolute atomic E-state index is 13.8. The van der Waals surface area contributed by atoms with Crippen LogP contribution in [0.25, 0.3) is 10.2 Å². The van der Waals surface area contributed by atoms with Crippen LogP contribution in [0.2, 0.25) is 10.0 Å². The zero-order chi connectivity index (χ0) is 20.6. The maximum atomic E-state index is 13.8. The van der Waals surface area contributed by atoms with Crippen molar-refractivity contribution >= 4 is 56.6 Å². The van der Waals surface area contributed by atoms with Gasteiger partial charge in [0.05, 0.1) is 10.2 Å². The van der Waals surface area contributed by atoms with Gasteiger partial charge >= 0.3 is 5.97 Å². The van der Waals surface area contributed by atoms with Crippen LogP contribution < -0.4 is 4.80 Å². The molecule has 0 bridgehead atoms. The molecule has 0 spiro atoms. The largest absolute Gasteiger partial charge is 0.480 e. The molecule has 1 amide bonds. The number of benzene rings is 2. The van der Waals surface area contributed by atoms with E-state index in [0.29, 0.717) is 0 Å². The van der Waals surface area contributed by atoms with E-state index in [1.165, 1.54) is 22.8 Å². The standard InChI is InChI=1S/C18H12Cl2F2N2O3S/c1-2-13(17(26)27)24-14-6-11(21)12(22)7-15(14)28-18(24)23-16(25)8-3-9(19)5-10(20)4-8/h3-7,13H,2H2,1H3,(H,26,27)/b23-18-. The third kappa shape index (κ3) is 3.94. The van der Waals surface area contributed by atoms with Crippen LogP contribution in [0.1, 0.15) is 29.7 Å². The van der Waals surface area contributed by atoms with Crippen molar-refractivity contribution in [3.63, 3.8) is 0 Å². The van der Waals surface area contributed by atoms with Crippen molar-refractivity contribution in [2.45, 2.75) is 19.4 Å². The first-order valence-electron chi connectivity index (χ1n) is 7.99. The van der Waals surface area contributed by atoms with Gasteiger partial charge in [-0.05, 0) is 30.7 Å². The third-order valence-electron chi connectivity index (χ3n) is 3.96. The molecule has 1 aromatic heterocycles. The van der Waals surface area contributed by atoms with Crippen LogP contribution >= 0.6 is 34.5 Å². The molecule has 1 atom stereocenters. The second kappa shape index (κ2) is 7.98. The van der Waals surface area contributed by atoms with Crippen molar-refractivity contribution in [3.05, 3.63) is 62.4 Å². The summed E-state index contributed by atoms with van der Waals surface area (Å²) in [7, 11) is 0. The number of carbonyl (C=O) groups excluding carboxylic acids is 1. The number of rotatable bonds is 4. The number of aliphatic carboxylic acids is 1. The van der Waals surface area contributed by atoms with E-state index >= 15 is 0 Å². The lowest BCUT2D eigenvalue weighted by molar-refractivity contribution is -0.140. The van der Waals surface area contributed by atoms with Crippen molar-refractivity contribution in [2.75, 3.05) is 0 Å².